The van der Waals surface area contributed by atoms with E-state index in [1.165, 1.54) is 0 Å². The van der Waals surface area contributed by atoms with Gasteiger partial charge in [0.25, 0.3) is 0 Å². The van der Waals surface area contributed by atoms with Crippen molar-refractivity contribution in [1.82, 2.24) is 15.5 Å². The molecule has 1 amide bonds. The number of nitrogens with one attached hydrogen (secondary N) is 2. The van der Waals surface area contributed by atoms with E-state index in [0.29, 0.717) is 0 Å². The molecule has 0 radical (unpaired) electrons. The number of halogens is 2. The zero-order valence-electron chi connectivity index (χ0n) is 12.7. The number of nitrogens with zero attached hydrogens (tertiary/aromatic N) is 1. The standard InChI is InChI=1S/C13H27N3O.2ClH/c1-10(13(2,3)9-16(4)5)15-12(17)11-6-7-14-8-11;;/h10-11,14H,6-9H2,1-5H3,(H,15,17);2*1H. The van der Waals surface area contributed by atoms with Gasteiger partial charge in [0, 0.05) is 19.1 Å². The summed E-state index contributed by atoms with van der Waals surface area (Å²) in [7, 11) is 4.13. The lowest BCUT2D eigenvalue weighted by Crippen LogP contribution is -2.49. The van der Waals surface area contributed by atoms with Gasteiger partial charge < -0.3 is 15.5 Å². The van der Waals surface area contributed by atoms with Crippen LogP contribution in [0, 0.1) is 11.3 Å². The lowest BCUT2D eigenvalue weighted by molar-refractivity contribution is -0.125. The van der Waals surface area contributed by atoms with Gasteiger partial charge in [-0.25, -0.2) is 0 Å². The lowest BCUT2D eigenvalue weighted by Gasteiger charge is -2.35. The van der Waals surface area contributed by atoms with E-state index in [9.17, 15) is 4.79 Å². The van der Waals surface area contributed by atoms with Gasteiger partial charge in [0.05, 0.1) is 5.92 Å². The molecule has 0 bridgehead atoms. The normalized spacial score (nSPS) is 20.4. The molecule has 0 aromatic carbocycles. The van der Waals surface area contributed by atoms with Gasteiger partial charge in [-0.1, -0.05) is 13.8 Å². The number of carbonyl (C=O) groups excluding carboxylic acids is 1. The summed E-state index contributed by atoms with van der Waals surface area (Å²) in [6.45, 7) is 9.26. The highest BCUT2D eigenvalue weighted by Gasteiger charge is 2.30. The monoisotopic (exact) mass is 313 g/mol. The van der Waals surface area contributed by atoms with Crippen molar-refractivity contribution in [2.75, 3.05) is 33.7 Å². The van der Waals surface area contributed by atoms with Crippen LogP contribution in [-0.2, 0) is 4.79 Å². The average Bonchev–Trinajstić information content (AvgIpc) is 2.67. The second-order valence-corrected chi connectivity index (χ2v) is 6.15. The number of rotatable bonds is 5. The molecule has 1 rings (SSSR count). The zero-order valence-corrected chi connectivity index (χ0v) is 14.3. The Bertz CT molecular complexity index is 267. The van der Waals surface area contributed by atoms with E-state index in [1.54, 1.807) is 0 Å². The molecule has 0 aromatic rings. The second kappa shape index (κ2) is 9.01. The molecule has 1 fully saturated rings. The van der Waals surface area contributed by atoms with E-state index in [0.717, 1.165) is 26.1 Å². The van der Waals surface area contributed by atoms with E-state index in [1.807, 2.05) is 0 Å². The van der Waals surface area contributed by atoms with Crippen LogP contribution in [0.1, 0.15) is 27.2 Å². The Morgan fingerprint density at radius 3 is 2.42 bits per heavy atom. The van der Waals surface area contributed by atoms with Crippen molar-refractivity contribution in [2.45, 2.75) is 33.2 Å². The summed E-state index contributed by atoms with van der Waals surface area (Å²) < 4.78 is 0. The fourth-order valence-electron chi connectivity index (χ4n) is 2.36. The molecule has 116 valence electrons. The fourth-order valence-corrected chi connectivity index (χ4v) is 2.36. The first-order chi connectivity index (χ1) is 7.83. The van der Waals surface area contributed by atoms with Gasteiger partial charge in [0.1, 0.15) is 0 Å². The third-order valence-corrected chi connectivity index (χ3v) is 3.69. The summed E-state index contributed by atoms with van der Waals surface area (Å²) in [5, 5.41) is 6.39. The van der Waals surface area contributed by atoms with Crippen LogP contribution in [0.3, 0.4) is 0 Å². The first kappa shape index (κ1) is 21.3. The van der Waals surface area contributed by atoms with E-state index >= 15 is 0 Å². The topological polar surface area (TPSA) is 44.4 Å². The Morgan fingerprint density at radius 1 is 1.42 bits per heavy atom. The van der Waals surface area contributed by atoms with Crippen LogP contribution in [0.4, 0.5) is 0 Å². The third kappa shape index (κ3) is 6.80. The van der Waals surface area contributed by atoms with Gasteiger partial charge >= 0.3 is 0 Å². The summed E-state index contributed by atoms with van der Waals surface area (Å²) in [5.74, 6) is 0.363. The smallest absolute Gasteiger partial charge is 0.224 e. The highest BCUT2D eigenvalue weighted by molar-refractivity contribution is 5.85. The van der Waals surface area contributed by atoms with Crippen LogP contribution < -0.4 is 10.6 Å². The summed E-state index contributed by atoms with van der Waals surface area (Å²) in [4.78, 5) is 14.2. The predicted molar refractivity (Wildman–Crippen MR) is 85.4 cm³/mol. The van der Waals surface area contributed by atoms with E-state index in [-0.39, 0.29) is 48.1 Å². The molecule has 0 aromatic heterocycles. The minimum absolute atomic E-state index is 0. The van der Waals surface area contributed by atoms with Crippen LogP contribution in [0.15, 0.2) is 0 Å². The molecule has 0 aliphatic carbocycles. The van der Waals surface area contributed by atoms with Crippen LogP contribution >= 0.6 is 24.8 Å². The Balaban J connectivity index is 0. The van der Waals surface area contributed by atoms with E-state index in [4.69, 9.17) is 0 Å². The molecule has 1 saturated heterocycles. The van der Waals surface area contributed by atoms with Gasteiger partial charge in [-0.3, -0.25) is 4.79 Å². The molecule has 0 saturated carbocycles. The highest BCUT2D eigenvalue weighted by Crippen LogP contribution is 2.22. The van der Waals surface area contributed by atoms with Crippen molar-refractivity contribution in [3.05, 3.63) is 0 Å². The molecule has 4 nitrogen and oxygen atoms in total. The number of amides is 1. The Labute approximate surface area is 129 Å². The maximum atomic E-state index is 12.0. The van der Waals surface area contributed by atoms with Crippen molar-refractivity contribution in [1.29, 1.82) is 0 Å². The van der Waals surface area contributed by atoms with E-state index in [2.05, 4.69) is 50.4 Å². The summed E-state index contributed by atoms with van der Waals surface area (Å²) >= 11 is 0. The molecule has 1 heterocycles. The average molecular weight is 314 g/mol. The molecule has 19 heavy (non-hydrogen) atoms. The maximum Gasteiger partial charge on any atom is 0.224 e. The minimum atomic E-state index is 0. The molecule has 2 unspecified atom stereocenters. The Hall–Kier alpha value is -0.0300. The third-order valence-electron chi connectivity index (χ3n) is 3.69. The largest absolute Gasteiger partial charge is 0.353 e. The number of hydrogen-bond acceptors (Lipinski definition) is 3. The van der Waals surface area contributed by atoms with Crippen molar-refractivity contribution >= 4 is 30.7 Å². The van der Waals surface area contributed by atoms with Gasteiger partial charge in [-0.05, 0) is 39.4 Å². The molecule has 1 aliphatic rings. The molecular weight excluding hydrogens is 285 g/mol. The van der Waals surface area contributed by atoms with Crippen molar-refractivity contribution < 1.29 is 4.79 Å². The second-order valence-electron chi connectivity index (χ2n) is 6.15. The van der Waals surface area contributed by atoms with Gasteiger partial charge in [-0.15, -0.1) is 24.8 Å². The quantitative estimate of drug-likeness (QED) is 0.809. The zero-order chi connectivity index (χ0) is 13.1. The fraction of sp³-hybridized carbons (Fsp3) is 0.923. The highest BCUT2D eigenvalue weighted by atomic mass is 35.5. The summed E-state index contributed by atoms with van der Waals surface area (Å²) in [6.07, 6.45) is 0.965. The number of carbonyl (C=O) groups is 1. The first-order valence-electron chi connectivity index (χ1n) is 6.49. The Morgan fingerprint density at radius 2 is 2.00 bits per heavy atom. The lowest BCUT2D eigenvalue weighted by atomic mass is 9.84. The predicted octanol–water partition coefficient (Wildman–Crippen LogP) is 1.53. The molecule has 0 spiro atoms. The first-order valence-corrected chi connectivity index (χ1v) is 6.49. The molecular formula is C13H29Cl2N3O. The van der Waals surface area contributed by atoms with Crippen molar-refractivity contribution in [3.63, 3.8) is 0 Å². The van der Waals surface area contributed by atoms with Crippen molar-refractivity contribution in [2.24, 2.45) is 11.3 Å². The van der Waals surface area contributed by atoms with E-state index < -0.39 is 0 Å². The van der Waals surface area contributed by atoms with Gasteiger partial charge in [0.15, 0.2) is 0 Å². The van der Waals surface area contributed by atoms with Crippen LogP contribution in [0.5, 0.6) is 0 Å². The molecule has 2 atom stereocenters. The van der Waals surface area contributed by atoms with Gasteiger partial charge in [0.2, 0.25) is 5.91 Å². The Kier molecular flexibility index (Phi) is 10.1. The molecule has 6 heteroatoms. The van der Waals surface area contributed by atoms with Crippen LogP contribution in [0.2, 0.25) is 0 Å². The van der Waals surface area contributed by atoms with Crippen LogP contribution in [0.25, 0.3) is 0 Å². The summed E-state index contributed by atoms with van der Waals surface area (Å²) in [6, 6.07) is 0.193. The number of hydrogen-bond donors (Lipinski definition) is 2. The SMILES string of the molecule is CC(NC(=O)C1CCNC1)C(C)(C)CN(C)C.Cl.Cl. The minimum Gasteiger partial charge on any atom is -0.353 e. The molecule has 1 aliphatic heterocycles. The summed E-state index contributed by atoms with van der Waals surface area (Å²) in [5.41, 5.74) is 0.0885. The maximum absolute atomic E-state index is 12.0. The molecule has 2 N–H and O–H groups in total. The van der Waals surface area contributed by atoms with Gasteiger partial charge in [-0.2, -0.15) is 0 Å². The van der Waals surface area contributed by atoms with Crippen LogP contribution in [-0.4, -0.2) is 50.6 Å². The van der Waals surface area contributed by atoms with Crippen molar-refractivity contribution in [3.8, 4) is 0 Å².